The number of hydrogen-bond donors (Lipinski definition) is 1. The number of halogens is 1. The quantitative estimate of drug-likeness (QED) is 0.621. The van der Waals surface area contributed by atoms with Crippen LogP contribution in [0.15, 0.2) is 10.5 Å². The Kier molecular flexibility index (Phi) is 2.19. The van der Waals surface area contributed by atoms with Crippen molar-refractivity contribution in [2.75, 3.05) is 11.9 Å². The van der Waals surface area contributed by atoms with E-state index in [1.54, 1.807) is 6.92 Å². The zero-order valence-corrected chi connectivity index (χ0v) is 9.22. The normalized spacial score (nSPS) is 13.6. The molecule has 1 aromatic rings. The first-order valence-corrected chi connectivity index (χ1v) is 5.11. The third kappa shape index (κ3) is 1.28. The lowest BCUT2D eigenvalue weighted by Crippen LogP contribution is -1.99. The van der Waals surface area contributed by atoms with Gasteiger partial charge >= 0.3 is 0 Å². The molecule has 0 aliphatic carbocycles. The third-order valence-electron chi connectivity index (χ3n) is 2.45. The van der Waals surface area contributed by atoms with E-state index in [0.29, 0.717) is 11.3 Å². The molecule has 0 saturated carbocycles. The molecular formula is C9H9BrN2O2. The molecule has 14 heavy (non-hydrogen) atoms. The second-order valence-electron chi connectivity index (χ2n) is 3.30. The summed E-state index contributed by atoms with van der Waals surface area (Å²) in [5, 5.41) is 13.9. The van der Waals surface area contributed by atoms with Gasteiger partial charge in [-0.25, -0.2) is 0 Å². The fourth-order valence-corrected chi connectivity index (χ4v) is 2.20. The minimum Gasteiger partial charge on any atom is -0.379 e. The Hall–Kier alpha value is -1.10. The van der Waals surface area contributed by atoms with Crippen molar-refractivity contribution in [1.29, 1.82) is 0 Å². The van der Waals surface area contributed by atoms with Gasteiger partial charge in [0.05, 0.1) is 4.92 Å². The van der Waals surface area contributed by atoms with Crippen LogP contribution in [0.1, 0.15) is 11.1 Å². The second-order valence-corrected chi connectivity index (χ2v) is 4.15. The molecule has 74 valence electrons. The largest absolute Gasteiger partial charge is 0.379 e. The van der Waals surface area contributed by atoms with Crippen LogP contribution in [0.25, 0.3) is 0 Å². The van der Waals surface area contributed by atoms with Gasteiger partial charge in [-0.05, 0) is 25.0 Å². The second kappa shape index (κ2) is 3.24. The summed E-state index contributed by atoms with van der Waals surface area (Å²) in [5.74, 6) is 0. The van der Waals surface area contributed by atoms with Crippen LogP contribution in [0.2, 0.25) is 0 Å². The molecule has 1 N–H and O–H groups in total. The van der Waals surface area contributed by atoms with Gasteiger partial charge in [-0.1, -0.05) is 15.9 Å². The van der Waals surface area contributed by atoms with Crippen LogP contribution in [0.3, 0.4) is 0 Å². The molecule has 5 heteroatoms. The van der Waals surface area contributed by atoms with Crippen LogP contribution in [0.5, 0.6) is 0 Å². The van der Waals surface area contributed by atoms with E-state index in [0.717, 1.165) is 23.0 Å². The van der Waals surface area contributed by atoms with Crippen LogP contribution >= 0.6 is 15.9 Å². The predicted molar refractivity (Wildman–Crippen MR) is 57.7 cm³/mol. The number of hydrogen-bond acceptors (Lipinski definition) is 3. The highest BCUT2D eigenvalue weighted by Crippen LogP contribution is 2.39. The van der Waals surface area contributed by atoms with E-state index >= 15 is 0 Å². The number of benzene rings is 1. The number of nitro benzene ring substituents is 1. The fraction of sp³-hybridized carbons (Fsp3) is 0.333. The van der Waals surface area contributed by atoms with Crippen molar-refractivity contribution >= 4 is 27.3 Å². The standard InChI is InChI=1S/C9H9BrN2O2/c1-5-7(10)4-6-2-3-11-8(6)9(5)12(13)14/h4,11H,2-3H2,1H3. The van der Waals surface area contributed by atoms with Crippen LogP contribution in [0, 0.1) is 17.0 Å². The average Bonchev–Trinajstić information content (AvgIpc) is 2.52. The van der Waals surface area contributed by atoms with Gasteiger partial charge in [-0.15, -0.1) is 0 Å². The summed E-state index contributed by atoms with van der Waals surface area (Å²) in [6, 6.07) is 1.96. The first-order valence-electron chi connectivity index (χ1n) is 4.31. The van der Waals surface area contributed by atoms with Gasteiger partial charge in [0.15, 0.2) is 0 Å². The number of nitrogens with zero attached hydrogens (tertiary/aromatic N) is 1. The van der Waals surface area contributed by atoms with Crippen molar-refractivity contribution in [2.45, 2.75) is 13.3 Å². The summed E-state index contributed by atoms with van der Waals surface area (Å²) < 4.78 is 0.812. The highest BCUT2D eigenvalue weighted by atomic mass is 79.9. The van der Waals surface area contributed by atoms with Crippen LogP contribution in [0.4, 0.5) is 11.4 Å². The lowest BCUT2D eigenvalue weighted by molar-refractivity contribution is -0.384. The first kappa shape index (κ1) is 9.45. The van der Waals surface area contributed by atoms with E-state index in [2.05, 4.69) is 21.2 Å². The third-order valence-corrected chi connectivity index (χ3v) is 3.27. The van der Waals surface area contributed by atoms with Crippen molar-refractivity contribution in [3.8, 4) is 0 Å². The fourth-order valence-electron chi connectivity index (χ4n) is 1.73. The molecule has 2 rings (SSSR count). The van der Waals surface area contributed by atoms with E-state index in [1.807, 2.05) is 6.07 Å². The van der Waals surface area contributed by atoms with Gasteiger partial charge in [0, 0.05) is 16.6 Å². The molecule has 0 saturated heterocycles. The molecular weight excluding hydrogens is 248 g/mol. The molecule has 0 atom stereocenters. The molecule has 0 fully saturated rings. The molecule has 4 nitrogen and oxygen atoms in total. The molecule has 0 bridgehead atoms. The number of anilines is 1. The molecule has 1 aliphatic heterocycles. The van der Waals surface area contributed by atoms with Crippen LogP contribution in [-0.4, -0.2) is 11.5 Å². The maximum Gasteiger partial charge on any atom is 0.296 e. The van der Waals surface area contributed by atoms with Crippen molar-refractivity contribution < 1.29 is 4.92 Å². The number of nitrogens with one attached hydrogen (secondary N) is 1. The van der Waals surface area contributed by atoms with Gasteiger partial charge in [0.1, 0.15) is 5.69 Å². The van der Waals surface area contributed by atoms with E-state index in [4.69, 9.17) is 0 Å². The van der Waals surface area contributed by atoms with Crippen molar-refractivity contribution in [2.24, 2.45) is 0 Å². The van der Waals surface area contributed by atoms with Crippen LogP contribution < -0.4 is 5.32 Å². The Morgan fingerprint density at radius 3 is 3.00 bits per heavy atom. The van der Waals surface area contributed by atoms with Crippen molar-refractivity contribution in [3.63, 3.8) is 0 Å². The van der Waals surface area contributed by atoms with Crippen molar-refractivity contribution in [1.82, 2.24) is 0 Å². The maximum atomic E-state index is 10.9. The summed E-state index contributed by atoms with van der Waals surface area (Å²) in [5.41, 5.74) is 2.60. The van der Waals surface area contributed by atoms with Gasteiger partial charge in [-0.2, -0.15) is 0 Å². The van der Waals surface area contributed by atoms with Crippen molar-refractivity contribution in [3.05, 3.63) is 31.8 Å². The Labute approximate surface area is 89.6 Å². The van der Waals surface area contributed by atoms with Crippen LogP contribution in [-0.2, 0) is 6.42 Å². The highest BCUT2D eigenvalue weighted by Gasteiger charge is 2.26. The minimum atomic E-state index is -0.322. The molecule has 0 aromatic heterocycles. The Balaban J connectivity index is 2.72. The summed E-state index contributed by atoms with van der Waals surface area (Å²) in [7, 11) is 0. The number of fused-ring (bicyclic) bond motifs is 1. The SMILES string of the molecule is Cc1c(Br)cc2c(c1[N+](=O)[O-])NCC2. The number of nitro groups is 1. The molecule has 1 aromatic carbocycles. The smallest absolute Gasteiger partial charge is 0.296 e. The average molecular weight is 257 g/mol. The lowest BCUT2D eigenvalue weighted by Gasteiger charge is -2.06. The summed E-state index contributed by atoms with van der Waals surface area (Å²) in [4.78, 5) is 10.6. The van der Waals surface area contributed by atoms with E-state index < -0.39 is 0 Å². The Morgan fingerprint density at radius 2 is 2.36 bits per heavy atom. The van der Waals surface area contributed by atoms with E-state index in [9.17, 15) is 10.1 Å². The van der Waals surface area contributed by atoms with Gasteiger partial charge < -0.3 is 5.32 Å². The number of rotatable bonds is 1. The monoisotopic (exact) mass is 256 g/mol. The lowest BCUT2D eigenvalue weighted by atomic mass is 10.1. The van der Waals surface area contributed by atoms with Gasteiger partial charge in [0.2, 0.25) is 0 Å². The highest BCUT2D eigenvalue weighted by molar-refractivity contribution is 9.10. The molecule has 1 heterocycles. The summed E-state index contributed by atoms with van der Waals surface area (Å²) >= 11 is 3.34. The minimum absolute atomic E-state index is 0.201. The van der Waals surface area contributed by atoms with E-state index in [1.165, 1.54) is 0 Å². The zero-order valence-electron chi connectivity index (χ0n) is 7.63. The van der Waals surface area contributed by atoms with E-state index in [-0.39, 0.29) is 10.6 Å². The molecule has 0 unspecified atom stereocenters. The zero-order chi connectivity index (χ0) is 10.3. The molecule has 0 radical (unpaired) electrons. The Morgan fingerprint density at radius 1 is 1.64 bits per heavy atom. The topological polar surface area (TPSA) is 55.2 Å². The Bertz CT molecular complexity index is 418. The summed E-state index contributed by atoms with van der Waals surface area (Å²) in [6.45, 7) is 2.54. The predicted octanol–water partition coefficient (Wildman–Crippen LogP) is 2.63. The maximum absolute atomic E-state index is 10.9. The van der Waals surface area contributed by atoms with Gasteiger partial charge in [-0.3, -0.25) is 10.1 Å². The first-order chi connectivity index (χ1) is 6.61. The molecule has 1 aliphatic rings. The van der Waals surface area contributed by atoms with Gasteiger partial charge in [0.25, 0.3) is 5.69 Å². The molecule has 0 spiro atoms. The summed E-state index contributed by atoms with van der Waals surface area (Å²) in [6.07, 6.45) is 0.856. The molecule has 0 amide bonds.